The number of aromatic nitrogens is 2. The summed E-state index contributed by atoms with van der Waals surface area (Å²) in [6.07, 6.45) is 7.30. The lowest BCUT2D eigenvalue weighted by molar-refractivity contribution is -0.141. The topological polar surface area (TPSA) is 259 Å². The van der Waals surface area contributed by atoms with Crippen molar-refractivity contribution in [2.45, 2.75) is 171 Å². The third kappa shape index (κ3) is 15.6. The standard InChI is InChI=1S/2C31H49N5O4/c1-18(2)24(14-19(3)29(39)40)36(11)28(38)26(30(4,5)6)34-27(37)25(33-9)31(7,8)22-17-35(10)23-13-12-20(16-32)15-21(22)23;1-18(2)23(14-19(3)29(39)40)36(11)28(38)26(30(4,5)6)34-27(37)25(33-9)31(7,8)22-17-35(10)24-15-20(16-32)12-13-21(22)24/h12-15,17-18,24-26,33H,16,32H2,1-11H3,(H,34,37)(H,39,40);12-15,17-18,23,25-26,33H,16,32H2,1-11H3,(H,34,37)(H,39,40)/b2*19-14+/t24-,25?,26-;23-,25?,26-/m11/s1. The van der Waals surface area contributed by atoms with Crippen molar-refractivity contribution in [2.24, 2.45) is 48.2 Å². The molecule has 0 aliphatic carbocycles. The summed E-state index contributed by atoms with van der Waals surface area (Å²) in [4.78, 5) is 81.7. The van der Waals surface area contributed by atoms with Crippen molar-refractivity contribution in [1.29, 1.82) is 0 Å². The van der Waals surface area contributed by atoms with Crippen LogP contribution in [0.15, 0.2) is 72.1 Å². The van der Waals surface area contributed by atoms with E-state index in [1.54, 1.807) is 50.1 Å². The molecule has 2 unspecified atom stereocenters. The van der Waals surface area contributed by atoms with Crippen LogP contribution in [0.5, 0.6) is 0 Å². The van der Waals surface area contributed by atoms with Gasteiger partial charge in [-0.05, 0) is 91.1 Å². The van der Waals surface area contributed by atoms with Crippen molar-refractivity contribution in [3.8, 4) is 0 Å². The molecule has 4 aromatic rings. The molecule has 444 valence electrons. The Balaban J connectivity index is 0.000000420. The number of benzene rings is 2. The summed E-state index contributed by atoms with van der Waals surface area (Å²) >= 11 is 0. The second kappa shape index (κ2) is 27.0. The van der Waals surface area contributed by atoms with E-state index in [9.17, 15) is 39.0 Å². The van der Waals surface area contributed by atoms with Gasteiger partial charge >= 0.3 is 11.9 Å². The van der Waals surface area contributed by atoms with Crippen molar-refractivity contribution in [2.75, 3.05) is 28.2 Å². The third-order valence-electron chi connectivity index (χ3n) is 15.8. The molecule has 0 spiro atoms. The number of aliphatic carboxylic acids is 2. The fraction of sp³-hybridized carbons (Fsp3) is 0.581. The molecule has 2 aromatic heterocycles. The number of nitrogens with two attached hydrogens (primary N) is 2. The molecule has 10 N–H and O–H groups in total. The van der Waals surface area contributed by atoms with Gasteiger partial charge in [-0.2, -0.15) is 0 Å². The Kier molecular flexibility index (Phi) is 22.9. The predicted octanol–water partition coefficient (Wildman–Crippen LogP) is 7.09. The molecule has 2 heterocycles. The molecule has 0 aliphatic heterocycles. The first-order valence-corrected chi connectivity index (χ1v) is 27.6. The molecule has 6 atom stereocenters. The highest BCUT2D eigenvalue weighted by atomic mass is 16.4. The molecule has 2 aromatic carbocycles. The number of rotatable bonds is 22. The molecule has 0 fully saturated rings. The van der Waals surface area contributed by atoms with Crippen molar-refractivity contribution in [3.63, 3.8) is 0 Å². The van der Waals surface area contributed by atoms with Crippen LogP contribution in [0.2, 0.25) is 0 Å². The number of carboxylic acid groups (broad SMARTS) is 2. The average Bonchev–Trinajstić information content (AvgIpc) is 3.89. The van der Waals surface area contributed by atoms with Crippen molar-refractivity contribution in [1.82, 2.24) is 40.2 Å². The Bertz CT molecular complexity index is 2930. The van der Waals surface area contributed by atoms with Crippen LogP contribution in [0.1, 0.15) is 133 Å². The molecular formula is C62H98N10O8. The van der Waals surface area contributed by atoms with E-state index in [4.69, 9.17) is 11.5 Å². The van der Waals surface area contributed by atoms with Gasteiger partial charge in [-0.15, -0.1) is 0 Å². The second-order valence-electron chi connectivity index (χ2n) is 25.6. The van der Waals surface area contributed by atoms with Crippen LogP contribution in [0.4, 0.5) is 0 Å². The molecule has 4 rings (SSSR count). The molecule has 0 saturated heterocycles. The molecule has 0 aliphatic rings. The minimum absolute atomic E-state index is 0.0327. The largest absolute Gasteiger partial charge is 0.478 e. The number of carbonyl (C=O) groups is 6. The number of likely N-dealkylation sites (N-methyl/N-ethyl adjacent to an activating group) is 4. The van der Waals surface area contributed by atoms with Crippen LogP contribution >= 0.6 is 0 Å². The van der Waals surface area contributed by atoms with E-state index in [1.165, 1.54) is 13.8 Å². The Morgan fingerprint density at radius 2 is 0.912 bits per heavy atom. The third-order valence-corrected chi connectivity index (χ3v) is 15.8. The number of fused-ring (bicyclic) bond motifs is 2. The van der Waals surface area contributed by atoms with Gasteiger partial charge < -0.3 is 61.9 Å². The Morgan fingerprint density at radius 3 is 1.25 bits per heavy atom. The number of hydrogen-bond donors (Lipinski definition) is 8. The van der Waals surface area contributed by atoms with E-state index >= 15 is 0 Å². The molecule has 4 amide bonds. The lowest BCUT2D eigenvalue weighted by atomic mass is 9.76. The van der Waals surface area contributed by atoms with Gasteiger partial charge in [-0.1, -0.05) is 127 Å². The summed E-state index contributed by atoms with van der Waals surface area (Å²) < 4.78 is 4.10. The van der Waals surface area contributed by atoms with Crippen molar-refractivity contribution in [3.05, 3.63) is 94.3 Å². The quantitative estimate of drug-likeness (QED) is 0.0367. The van der Waals surface area contributed by atoms with Gasteiger partial charge in [-0.3, -0.25) is 19.2 Å². The SMILES string of the molecule is CNC(C(=O)N[C@H](C(=O)N(C)[C@H](/C=C(\C)C(=O)O)C(C)C)C(C)(C)C)C(C)(C)c1cn(C)c2cc(CN)ccc12.CNC(C(=O)N[C@H](C(=O)N(C)[C@H](/C=C(\C)C(=O)O)C(C)C)C(C)(C)C)C(C)(C)c1cn(C)c2ccc(CN)cc12. The highest BCUT2D eigenvalue weighted by molar-refractivity contribution is 5.95. The number of carboxylic acids is 2. The maximum Gasteiger partial charge on any atom is 0.331 e. The van der Waals surface area contributed by atoms with Crippen LogP contribution in [0.25, 0.3) is 21.8 Å². The highest BCUT2D eigenvalue weighted by Crippen LogP contribution is 2.37. The van der Waals surface area contributed by atoms with Gasteiger partial charge in [0.05, 0.1) is 24.2 Å². The Morgan fingerprint density at radius 1 is 0.562 bits per heavy atom. The first-order valence-electron chi connectivity index (χ1n) is 27.6. The zero-order valence-electron chi connectivity index (χ0n) is 52.1. The van der Waals surface area contributed by atoms with Crippen LogP contribution in [0, 0.1) is 22.7 Å². The van der Waals surface area contributed by atoms with E-state index < -0.39 is 69.8 Å². The first-order chi connectivity index (χ1) is 36.8. The maximum atomic E-state index is 14.0. The summed E-state index contributed by atoms with van der Waals surface area (Å²) in [5, 5.41) is 33.4. The van der Waals surface area contributed by atoms with Gasteiger partial charge in [0, 0.05) is 97.5 Å². The normalized spacial score (nSPS) is 15.2. The minimum Gasteiger partial charge on any atom is -0.478 e. The average molecular weight is 1110 g/mol. The van der Waals surface area contributed by atoms with E-state index in [1.807, 2.05) is 157 Å². The monoisotopic (exact) mass is 1110 g/mol. The number of nitrogens with zero attached hydrogens (tertiary/aromatic N) is 4. The molecule has 18 heteroatoms. The van der Waals surface area contributed by atoms with E-state index in [0.717, 1.165) is 44.1 Å². The Hall–Kier alpha value is -6.34. The fourth-order valence-corrected chi connectivity index (χ4v) is 10.7. The van der Waals surface area contributed by atoms with Gasteiger partial charge in [0.1, 0.15) is 12.1 Å². The number of amides is 4. The number of aryl methyl sites for hydroxylation is 2. The zero-order chi connectivity index (χ0) is 61.5. The summed E-state index contributed by atoms with van der Waals surface area (Å²) in [5.74, 6) is -3.26. The summed E-state index contributed by atoms with van der Waals surface area (Å²) in [7, 11) is 10.8. The summed E-state index contributed by atoms with van der Waals surface area (Å²) in [6.45, 7) is 31.2. The number of nitrogens with one attached hydrogen (secondary N) is 4. The fourth-order valence-electron chi connectivity index (χ4n) is 10.7. The molecule has 0 radical (unpaired) electrons. The molecular weight excluding hydrogens is 1010 g/mol. The molecule has 80 heavy (non-hydrogen) atoms. The van der Waals surface area contributed by atoms with E-state index in [0.29, 0.717) is 13.1 Å². The summed E-state index contributed by atoms with van der Waals surface area (Å²) in [6, 6.07) is 8.37. The molecule has 0 saturated carbocycles. The second-order valence-corrected chi connectivity index (χ2v) is 25.6. The van der Waals surface area contributed by atoms with Gasteiger partial charge in [0.15, 0.2) is 0 Å². The van der Waals surface area contributed by atoms with Crippen LogP contribution in [-0.4, -0.2) is 129 Å². The lowest BCUT2D eigenvalue weighted by Crippen LogP contribution is -2.61. The van der Waals surface area contributed by atoms with Gasteiger partial charge in [0.25, 0.3) is 0 Å². The van der Waals surface area contributed by atoms with Crippen molar-refractivity contribution < 1.29 is 39.0 Å². The van der Waals surface area contributed by atoms with Gasteiger partial charge in [0.2, 0.25) is 23.6 Å². The predicted molar refractivity (Wildman–Crippen MR) is 322 cm³/mol. The van der Waals surface area contributed by atoms with Crippen LogP contribution in [0.3, 0.4) is 0 Å². The maximum absolute atomic E-state index is 14.0. The van der Waals surface area contributed by atoms with Crippen molar-refractivity contribution >= 4 is 57.4 Å². The first kappa shape index (κ1) is 67.9. The number of carbonyl (C=O) groups excluding carboxylic acids is 4. The highest BCUT2D eigenvalue weighted by Gasteiger charge is 2.45. The van der Waals surface area contributed by atoms with E-state index in [2.05, 4.69) is 33.4 Å². The van der Waals surface area contributed by atoms with Gasteiger partial charge in [-0.25, -0.2) is 9.59 Å². The molecule has 0 bridgehead atoms. The lowest BCUT2D eigenvalue weighted by Gasteiger charge is -2.39. The van der Waals surface area contributed by atoms with Crippen LogP contribution in [-0.2, 0) is 66.8 Å². The smallest absolute Gasteiger partial charge is 0.331 e. The summed E-state index contributed by atoms with van der Waals surface area (Å²) in [5.41, 5.74) is 15.7. The zero-order valence-corrected chi connectivity index (χ0v) is 52.1. The minimum atomic E-state index is -1.03. The molecule has 18 nitrogen and oxygen atoms in total. The van der Waals surface area contributed by atoms with Crippen LogP contribution < -0.4 is 32.7 Å². The van der Waals surface area contributed by atoms with E-state index in [-0.39, 0.29) is 46.6 Å². The Labute approximate surface area is 476 Å². The number of hydrogen-bond acceptors (Lipinski definition) is 10.